The summed E-state index contributed by atoms with van der Waals surface area (Å²) in [6.07, 6.45) is -1.76. The van der Waals surface area contributed by atoms with Gasteiger partial charge in [-0.25, -0.2) is 4.98 Å². The number of anilines is 1. The fourth-order valence-electron chi connectivity index (χ4n) is 3.57. The number of nitrogens with one attached hydrogen (secondary N) is 1. The molecule has 1 N–H and O–H groups in total. The summed E-state index contributed by atoms with van der Waals surface area (Å²) in [5, 5.41) is 15.9. The Morgan fingerprint density at radius 3 is 2.32 bits per heavy atom. The van der Waals surface area contributed by atoms with Crippen LogP contribution >= 0.6 is 11.3 Å². The molecule has 4 rings (SSSR count). The van der Waals surface area contributed by atoms with Gasteiger partial charge < -0.3 is 10.1 Å². The Hall–Kier alpha value is -4.70. The lowest BCUT2D eigenvalue weighted by Gasteiger charge is -2.17. The number of nitro benzene ring substituents is 1. The average molecular weight is 530 g/mol. The van der Waals surface area contributed by atoms with Crippen molar-refractivity contribution in [2.24, 2.45) is 0 Å². The van der Waals surface area contributed by atoms with Gasteiger partial charge in [-0.3, -0.25) is 24.5 Å². The molecule has 9 nitrogen and oxygen atoms in total. The highest BCUT2D eigenvalue weighted by Gasteiger charge is 2.27. The van der Waals surface area contributed by atoms with Gasteiger partial charge in [0.1, 0.15) is 0 Å². The molecule has 0 aliphatic heterocycles. The number of benzene rings is 3. The molecule has 38 heavy (non-hydrogen) atoms. The lowest BCUT2D eigenvalue weighted by Crippen LogP contribution is -2.21. The molecule has 1 atom stereocenters. The van der Waals surface area contributed by atoms with Crippen LogP contribution in [0.1, 0.15) is 40.4 Å². The van der Waals surface area contributed by atoms with E-state index in [1.54, 1.807) is 30.3 Å². The highest BCUT2D eigenvalue weighted by molar-refractivity contribution is 7.14. The number of hydrogen-bond donors (Lipinski definition) is 1. The SMILES string of the molecule is Cc1ccc(-c2csc(NC(=O)CCC(=O)O[C@@H](C(=O)c3ccccc3)c3ccc([N+](=O)[O-])cc3)n2)cc1. The minimum Gasteiger partial charge on any atom is -0.449 e. The first kappa shape index (κ1) is 26.4. The summed E-state index contributed by atoms with van der Waals surface area (Å²) in [4.78, 5) is 53.0. The van der Waals surface area contributed by atoms with E-state index in [4.69, 9.17) is 4.74 Å². The van der Waals surface area contributed by atoms with Gasteiger partial charge in [0.2, 0.25) is 11.7 Å². The van der Waals surface area contributed by atoms with Crippen molar-refractivity contribution in [1.82, 2.24) is 4.98 Å². The smallest absolute Gasteiger partial charge is 0.307 e. The first-order valence-electron chi connectivity index (χ1n) is 11.7. The second kappa shape index (κ2) is 12.0. The minimum atomic E-state index is -1.32. The number of hydrogen-bond acceptors (Lipinski definition) is 8. The molecule has 0 fully saturated rings. The summed E-state index contributed by atoms with van der Waals surface area (Å²) in [5.74, 6) is -1.66. The number of carbonyl (C=O) groups is 3. The van der Waals surface area contributed by atoms with Crippen LogP contribution in [0.25, 0.3) is 11.3 Å². The maximum Gasteiger partial charge on any atom is 0.307 e. The molecular formula is C28H23N3O6S. The summed E-state index contributed by atoms with van der Waals surface area (Å²) in [6, 6.07) is 21.3. The largest absolute Gasteiger partial charge is 0.449 e. The lowest BCUT2D eigenvalue weighted by atomic mass is 9.99. The van der Waals surface area contributed by atoms with Crippen LogP contribution in [-0.2, 0) is 14.3 Å². The molecule has 1 aromatic heterocycles. The van der Waals surface area contributed by atoms with Gasteiger partial charge in [0, 0.05) is 40.6 Å². The third kappa shape index (κ3) is 6.74. The molecule has 1 amide bonds. The van der Waals surface area contributed by atoms with Crippen LogP contribution < -0.4 is 5.32 Å². The average Bonchev–Trinajstić information content (AvgIpc) is 3.39. The Morgan fingerprint density at radius 2 is 1.66 bits per heavy atom. The molecule has 1 heterocycles. The number of non-ortho nitro benzene ring substituents is 1. The van der Waals surface area contributed by atoms with Crippen LogP contribution in [0.4, 0.5) is 10.8 Å². The van der Waals surface area contributed by atoms with Gasteiger partial charge >= 0.3 is 5.97 Å². The van der Waals surface area contributed by atoms with Gasteiger partial charge in [0.05, 0.1) is 17.0 Å². The first-order valence-corrected chi connectivity index (χ1v) is 12.5. The highest BCUT2D eigenvalue weighted by atomic mass is 32.1. The van der Waals surface area contributed by atoms with Gasteiger partial charge in [-0.15, -0.1) is 11.3 Å². The van der Waals surface area contributed by atoms with Crippen molar-refractivity contribution < 1.29 is 24.0 Å². The predicted octanol–water partition coefficient (Wildman–Crippen LogP) is 5.91. The summed E-state index contributed by atoms with van der Waals surface area (Å²) in [5.41, 5.74) is 3.23. The third-order valence-electron chi connectivity index (χ3n) is 5.61. The van der Waals surface area contributed by atoms with E-state index in [1.165, 1.54) is 35.6 Å². The molecule has 0 saturated carbocycles. The van der Waals surface area contributed by atoms with Crippen LogP contribution in [0.2, 0.25) is 0 Å². The second-order valence-corrected chi connectivity index (χ2v) is 9.26. The maximum atomic E-state index is 13.1. The molecule has 4 aromatic rings. The summed E-state index contributed by atoms with van der Waals surface area (Å²) in [7, 11) is 0. The quantitative estimate of drug-likeness (QED) is 0.117. The van der Waals surface area contributed by atoms with Gasteiger partial charge in [0.25, 0.3) is 5.69 Å². The van der Waals surface area contributed by atoms with Gasteiger partial charge in [0.15, 0.2) is 11.2 Å². The number of ketones is 1. The van der Waals surface area contributed by atoms with Gasteiger partial charge in [-0.05, 0) is 19.1 Å². The van der Waals surface area contributed by atoms with E-state index in [2.05, 4.69) is 10.3 Å². The van der Waals surface area contributed by atoms with E-state index in [0.29, 0.717) is 10.7 Å². The number of rotatable bonds is 10. The highest BCUT2D eigenvalue weighted by Crippen LogP contribution is 2.27. The van der Waals surface area contributed by atoms with Gasteiger partial charge in [-0.1, -0.05) is 60.2 Å². The molecule has 0 bridgehead atoms. The predicted molar refractivity (Wildman–Crippen MR) is 143 cm³/mol. The number of aryl methyl sites for hydroxylation is 1. The first-order chi connectivity index (χ1) is 18.3. The van der Waals surface area contributed by atoms with Crippen molar-refractivity contribution in [1.29, 1.82) is 0 Å². The Balaban J connectivity index is 1.39. The summed E-state index contributed by atoms with van der Waals surface area (Å²) < 4.78 is 5.47. The standard InChI is InChI=1S/C28H23N3O6S/c1-18-7-9-19(10-8-18)23-17-38-28(29-23)30-24(32)15-16-25(33)37-27(26(34)20-5-3-2-4-6-20)21-11-13-22(14-12-21)31(35)36/h2-14,17,27H,15-16H2,1H3,(H,29,30,32)/t27-/m1/s1. The molecule has 10 heteroatoms. The van der Waals surface area contributed by atoms with Crippen LogP contribution in [-0.4, -0.2) is 27.6 Å². The molecular weight excluding hydrogens is 506 g/mol. The van der Waals surface area contributed by atoms with E-state index in [9.17, 15) is 24.5 Å². The fourth-order valence-corrected chi connectivity index (χ4v) is 4.31. The van der Waals surface area contributed by atoms with Crippen LogP contribution in [0.5, 0.6) is 0 Å². The monoisotopic (exact) mass is 529 g/mol. The number of esters is 1. The normalized spacial score (nSPS) is 11.4. The Morgan fingerprint density at radius 1 is 0.974 bits per heavy atom. The van der Waals surface area contributed by atoms with E-state index >= 15 is 0 Å². The van der Waals surface area contributed by atoms with E-state index in [0.717, 1.165) is 16.8 Å². The third-order valence-corrected chi connectivity index (χ3v) is 6.36. The number of amides is 1. The Labute approximate surface area is 222 Å². The molecule has 0 aliphatic rings. The van der Waals surface area contributed by atoms with Crippen molar-refractivity contribution in [3.05, 3.63) is 111 Å². The van der Waals surface area contributed by atoms with Crippen molar-refractivity contribution in [3.63, 3.8) is 0 Å². The van der Waals surface area contributed by atoms with Crippen LogP contribution in [0, 0.1) is 17.0 Å². The van der Waals surface area contributed by atoms with Gasteiger partial charge in [-0.2, -0.15) is 0 Å². The zero-order chi connectivity index (χ0) is 27.1. The van der Waals surface area contributed by atoms with E-state index in [1.807, 2.05) is 36.6 Å². The molecule has 192 valence electrons. The minimum absolute atomic E-state index is 0.157. The van der Waals surface area contributed by atoms with Crippen molar-refractivity contribution in [2.45, 2.75) is 25.9 Å². The van der Waals surface area contributed by atoms with Crippen LogP contribution in [0.3, 0.4) is 0 Å². The van der Waals surface area contributed by atoms with E-state index in [-0.39, 0.29) is 24.1 Å². The molecule has 0 saturated heterocycles. The Bertz CT molecular complexity index is 1450. The Kier molecular flexibility index (Phi) is 8.34. The zero-order valence-corrected chi connectivity index (χ0v) is 21.1. The zero-order valence-electron chi connectivity index (χ0n) is 20.3. The fraction of sp³-hybridized carbons (Fsp3) is 0.143. The summed E-state index contributed by atoms with van der Waals surface area (Å²) >= 11 is 1.27. The molecule has 3 aromatic carbocycles. The number of aromatic nitrogens is 1. The maximum absolute atomic E-state index is 13.1. The number of Topliss-reactive ketones (excluding diaryl/α,β-unsaturated/α-hetero) is 1. The topological polar surface area (TPSA) is 128 Å². The van der Waals surface area contributed by atoms with Crippen molar-refractivity contribution in [3.8, 4) is 11.3 Å². The number of nitro groups is 1. The van der Waals surface area contributed by atoms with Crippen LogP contribution in [0.15, 0.2) is 84.2 Å². The molecule has 0 spiro atoms. The van der Waals surface area contributed by atoms with Crippen molar-refractivity contribution in [2.75, 3.05) is 5.32 Å². The number of thiazole rings is 1. The van der Waals surface area contributed by atoms with Crippen molar-refractivity contribution >= 4 is 39.8 Å². The number of carbonyl (C=O) groups excluding carboxylic acids is 3. The summed E-state index contributed by atoms with van der Waals surface area (Å²) in [6.45, 7) is 1.99. The molecule has 0 unspecified atom stereocenters. The molecule has 0 aliphatic carbocycles. The van der Waals surface area contributed by atoms with E-state index < -0.39 is 28.7 Å². The second-order valence-electron chi connectivity index (χ2n) is 8.40. The lowest BCUT2D eigenvalue weighted by molar-refractivity contribution is -0.384. The molecule has 0 radical (unpaired) electrons. The number of ether oxygens (including phenoxy) is 1. The number of nitrogens with zero attached hydrogens (tertiary/aromatic N) is 2.